The number of benzene rings is 1. The van der Waals surface area contributed by atoms with Crippen molar-refractivity contribution in [3.05, 3.63) is 35.9 Å². The molecule has 55 heavy (non-hydrogen) atoms. The smallest absolute Gasteiger partial charge is 0.242 e. The number of likely N-dealkylation sites (tertiary alicyclic amines) is 1. The molecule has 3 N–H and O–H groups in total. The summed E-state index contributed by atoms with van der Waals surface area (Å²) in [5, 5.41) is 10.3. The van der Waals surface area contributed by atoms with Gasteiger partial charge >= 0.3 is 0 Å². The summed E-state index contributed by atoms with van der Waals surface area (Å²) in [4.78, 5) is 65.3. The molecule has 2 aliphatic heterocycles. The molecule has 0 spiro atoms. The van der Waals surface area contributed by atoms with E-state index in [0.29, 0.717) is 19.4 Å². The zero-order valence-electron chi connectivity index (χ0n) is 35.0. The number of carbonyl (C=O) groups is 4. The lowest BCUT2D eigenvalue weighted by Crippen LogP contribution is -2.57. The van der Waals surface area contributed by atoms with Gasteiger partial charge in [0.1, 0.15) is 0 Å². The molecule has 2 fully saturated rings. The van der Waals surface area contributed by atoms with Crippen molar-refractivity contribution < 1.29 is 28.7 Å². The highest BCUT2D eigenvalue weighted by atomic mass is 32.2. The molecule has 14 heteroatoms. The van der Waals surface area contributed by atoms with Crippen LogP contribution in [0.2, 0.25) is 0 Å². The highest BCUT2D eigenvalue weighted by molar-refractivity contribution is 8.13. The first kappa shape index (κ1) is 46.3. The van der Waals surface area contributed by atoms with Gasteiger partial charge in [-0.25, -0.2) is 0 Å². The van der Waals surface area contributed by atoms with Gasteiger partial charge in [0.05, 0.1) is 60.3 Å². The number of methoxy groups -OCH3 is 2. The molecule has 0 saturated carbocycles. The van der Waals surface area contributed by atoms with Gasteiger partial charge in [-0.1, -0.05) is 71.4 Å². The van der Waals surface area contributed by atoms with Gasteiger partial charge in [0.25, 0.3) is 0 Å². The zero-order valence-corrected chi connectivity index (χ0v) is 35.8. The van der Waals surface area contributed by atoms with Crippen LogP contribution in [0.25, 0.3) is 0 Å². The average molecular weight is 788 g/mol. The first-order chi connectivity index (χ1) is 26.3. The number of rotatable bonds is 20. The van der Waals surface area contributed by atoms with Crippen LogP contribution in [0.1, 0.15) is 65.9 Å². The second-order valence-electron chi connectivity index (χ2n) is 15.4. The fraction of sp³-hybridized carbons (Fsp3) is 0.732. The summed E-state index contributed by atoms with van der Waals surface area (Å²) in [6.45, 7) is 13.6. The van der Waals surface area contributed by atoms with Gasteiger partial charge in [0.15, 0.2) is 0 Å². The molecular formula is C41H69N7O6S. The van der Waals surface area contributed by atoms with Crippen LogP contribution in [0, 0.1) is 17.8 Å². The Morgan fingerprint density at radius 2 is 1.69 bits per heavy atom. The number of piperazine rings is 1. The number of aliphatic imine (C=N–C) groups is 1. The number of hydrogen-bond acceptors (Lipinski definition) is 10. The molecule has 1 aromatic rings. The van der Waals surface area contributed by atoms with Gasteiger partial charge in [-0.05, 0) is 42.9 Å². The average Bonchev–Trinajstić information content (AvgIpc) is 3.67. The first-order valence-electron chi connectivity index (χ1n) is 20.0. The van der Waals surface area contributed by atoms with Crippen molar-refractivity contribution in [1.29, 1.82) is 0 Å². The summed E-state index contributed by atoms with van der Waals surface area (Å²) in [7, 11) is 6.64. The molecule has 4 amide bonds. The third-order valence-electron chi connectivity index (χ3n) is 11.5. The summed E-state index contributed by atoms with van der Waals surface area (Å²) >= 11 is 1.52. The molecule has 13 nitrogen and oxygen atoms in total. The maximum absolute atomic E-state index is 14.2. The van der Waals surface area contributed by atoms with Crippen molar-refractivity contribution in [2.24, 2.45) is 22.7 Å². The van der Waals surface area contributed by atoms with Crippen LogP contribution in [0.4, 0.5) is 0 Å². The molecular weight excluding hydrogens is 719 g/mol. The van der Waals surface area contributed by atoms with E-state index in [4.69, 9.17) is 9.47 Å². The summed E-state index contributed by atoms with van der Waals surface area (Å²) in [6.07, 6.45) is 3.76. The lowest BCUT2D eigenvalue weighted by Gasteiger charge is -2.39. The monoisotopic (exact) mass is 788 g/mol. The molecule has 2 saturated heterocycles. The number of thioether (sulfide) groups is 1. The Morgan fingerprint density at radius 1 is 1.02 bits per heavy atom. The van der Waals surface area contributed by atoms with E-state index >= 15 is 0 Å². The third kappa shape index (κ3) is 12.7. The summed E-state index contributed by atoms with van der Waals surface area (Å²) < 4.78 is 12.0. The van der Waals surface area contributed by atoms with Crippen molar-refractivity contribution in [3.8, 4) is 0 Å². The van der Waals surface area contributed by atoms with Gasteiger partial charge in [-0.15, -0.1) is 11.8 Å². The molecule has 2 heterocycles. The predicted octanol–water partition coefficient (Wildman–Crippen LogP) is 3.07. The van der Waals surface area contributed by atoms with Crippen LogP contribution in [0.15, 0.2) is 35.3 Å². The van der Waals surface area contributed by atoms with Crippen molar-refractivity contribution in [2.45, 2.75) is 103 Å². The highest BCUT2D eigenvalue weighted by Gasteiger charge is 2.42. The summed E-state index contributed by atoms with van der Waals surface area (Å²) in [6, 6.07) is 8.69. The van der Waals surface area contributed by atoms with E-state index in [0.717, 1.165) is 49.6 Å². The van der Waals surface area contributed by atoms with E-state index in [1.165, 1.54) is 11.8 Å². The first-order valence-corrected chi connectivity index (χ1v) is 21.2. The zero-order chi connectivity index (χ0) is 40.7. The number of carbonyl (C=O) groups excluding carboxylic acids is 4. The van der Waals surface area contributed by atoms with E-state index in [-0.39, 0.29) is 66.6 Å². The van der Waals surface area contributed by atoms with Crippen molar-refractivity contribution in [3.63, 3.8) is 0 Å². The van der Waals surface area contributed by atoms with E-state index < -0.39 is 24.2 Å². The topological polar surface area (TPSA) is 145 Å². The minimum atomic E-state index is -0.587. The lowest BCUT2D eigenvalue weighted by molar-refractivity contribution is -0.146. The second kappa shape index (κ2) is 23.3. The largest absolute Gasteiger partial charge is 0.379 e. The number of amides is 4. The Hall–Kier alpha value is -3.04. The minimum Gasteiger partial charge on any atom is -0.379 e. The molecule has 2 aliphatic rings. The van der Waals surface area contributed by atoms with Crippen LogP contribution >= 0.6 is 11.8 Å². The fourth-order valence-corrected chi connectivity index (χ4v) is 8.92. The molecule has 0 bridgehead atoms. The van der Waals surface area contributed by atoms with Crippen molar-refractivity contribution >= 4 is 40.4 Å². The van der Waals surface area contributed by atoms with Crippen molar-refractivity contribution in [2.75, 3.05) is 73.8 Å². The number of nitrogens with zero attached hydrogens (tertiary/aromatic N) is 4. The Morgan fingerprint density at radius 3 is 2.25 bits per heavy atom. The summed E-state index contributed by atoms with van der Waals surface area (Å²) in [5.41, 5.74) is 1.09. The molecule has 8 atom stereocenters. The van der Waals surface area contributed by atoms with Gasteiger partial charge in [0, 0.05) is 61.0 Å². The lowest BCUT2D eigenvalue weighted by atomic mass is 9.90. The Bertz CT molecular complexity index is 1390. The number of ether oxygens (including phenoxy) is 2. The van der Waals surface area contributed by atoms with Crippen molar-refractivity contribution in [1.82, 2.24) is 30.7 Å². The minimum absolute atomic E-state index is 0.0122. The maximum atomic E-state index is 14.2. The number of likely N-dealkylation sites (N-methyl/N-ethyl adjacent to an activating group) is 1. The van der Waals surface area contributed by atoms with Crippen LogP contribution in [0.5, 0.6) is 0 Å². The van der Waals surface area contributed by atoms with Crippen LogP contribution in [-0.2, 0) is 35.1 Å². The quantitative estimate of drug-likeness (QED) is 0.134. The Kier molecular flexibility index (Phi) is 19.6. The predicted molar refractivity (Wildman–Crippen MR) is 221 cm³/mol. The van der Waals surface area contributed by atoms with Gasteiger partial charge in [-0.2, -0.15) is 0 Å². The fourth-order valence-electron chi connectivity index (χ4n) is 8.31. The van der Waals surface area contributed by atoms with E-state index in [2.05, 4.69) is 39.7 Å². The van der Waals surface area contributed by atoms with Gasteiger partial charge in [0.2, 0.25) is 23.6 Å². The third-order valence-corrected chi connectivity index (χ3v) is 12.4. The highest BCUT2D eigenvalue weighted by Crippen LogP contribution is 2.29. The van der Waals surface area contributed by atoms with Crippen LogP contribution < -0.4 is 16.0 Å². The summed E-state index contributed by atoms with van der Waals surface area (Å²) in [5.74, 6) is -1.10. The van der Waals surface area contributed by atoms with Crippen LogP contribution in [0.3, 0.4) is 0 Å². The van der Waals surface area contributed by atoms with E-state index in [1.54, 1.807) is 33.2 Å². The second-order valence-corrected chi connectivity index (χ2v) is 16.2. The van der Waals surface area contributed by atoms with E-state index in [1.807, 2.05) is 62.3 Å². The standard InChI is InChI=1S/C41H69N7O6S/c1-11-28(4)37(46(7)35(50)26-44-40(52)36(27(2)3)47-22-19-43-20-23-47)33(53-8)25-34(49)48-21-15-18-32(48)38(54-9)29(5)39(51)45-31(41(42-6)55-10)24-30-16-13-12-14-17-30/h12-14,16-17,27-29,31-33,36-38,43H,11,15,18-26H2,1-10H3,(H,44,52)(H,45,51). The number of hydrogen-bond donors (Lipinski definition) is 3. The SMILES string of the molecule is CCC(C)C(C(CC(=O)N1CCCC1C(OC)C(C)C(=O)NC(Cc1ccccc1)C(=NC)SC)OC)N(C)C(=O)CNC(=O)C(C(C)C)N1CCNCC1. The number of nitrogens with one attached hydrogen (secondary N) is 3. The molecule has 1 aromatic carbocycles. The molecule has 8 unspecified atom stereocenters. The molecule has 3 rings (SSSR count). The molecule has 0 aromatic heterocycles. The van der Waals surface area contributed by atoms with E-state index in [9.17, 15) is 19.2 Å². The molecule has 0 radical (unpaired) electrons. The Labute approximate surface area is 334 Å². The normalized spacial score (nSPS) is 20.6. The molecule has 0 aliphatic carbocycles. The van der Waals surface area contributed by atoms with Gasteiger partial charge < -0.3 is 35.2 Å². The Balaban J connectivity index is 1.71. The molecule has 310 valence electrons. The van der Waals surface area contributed by atoms with Gasteiger partial charge in [-0.3, -0.25) is 29.1 Å². The van der Waals surface area contributed by atoms with Crippen LogP contribution in [-0.4, -0.2) is 154 Å². The maximum Gasteiger partial charge on any atom is 0.242 e.